The Hall–Kier alpha value is 0.0300. The van der Waals surface area contributed by atoms with Crippen molar-refractivity contribution in [3.63, 3.8) is 0 Å². The van der Waals surface area contributed by atoms with Crippen molar-refractivity contribution in [1.82, 2.24) is 0 Å². The number of anilines is 1. The summed E-state index contributed by atoms with van der Waals surface area (Å²) in [5.41, 5.74) is 0.364. The van der Waals surface area contributed by atoms with Crippen LogP contribution in [0.2, 0.25) is 5.02 Å². The van der Waals surface area contributed by atoms with Crippen LogP contribution in [0, 0.1) is 5.92 Å². The van der Waals surface area contributed by atoms with Crippen LogP contribution in [0.15, 0.2) is 22.7 Å². The van der Waals surface area contributed by atoms with Crippen LogP contribution in [0.25, 0.3) is 0 Å². The number of hydrogen-bond donors (Lipinski definition) is 1. The maximum Gasteiger partial charge on any atom is 0.233 e. The molecule has 0 aliphatic heterocycles. The van der Waals surface area contributed by atoms with Crippen LogP contribution < -0.4 is 4.72 Å². The van der Waals surface area contributed by atoms with Gasteiger partial charge < -0.3 is 0 Å². The van der Waals surface area contributed by atoms with Gasteiger partial charge in [0, 0.05) is 10.4 Å². The first kappa shape index (κ1) is 15.1. The molecular weight excluding hydrogens is 349 g/mol. The molecule has 0 aromatic heterocycles. The fourth-order valence-corrected chi connectivity index (χ4v) is 3.48. The summed E-state index contributed by atoms with van der Waals surface area (Å²) < 4.78 is 26.8. The zero-order chi connectivity index (χ0) is 13.1. The van der Waals surface area contributed by atoms with E-state index in [0.29, 0.717) is 16.6 Å². The number of sulfonamides is 1. The van der Waals surface area contributed by atoms with Crippen LogP contribution in [-0.4, -0.2) is 20.1 Å². The first-order chi connectivity index (χ1) is 7.84. The Morgan fingerprint density at radius 3 is 2.71 bits per heavy atom. The van der Waals surface area contributed by atoms with E-state index in [1.54, 1.807) is 25.1 Å². The van der Waals surface area contributed by atoms with E-state index in [1.165, 1.54) is 0 Å². The van der Waals surface area contributed by atoms with Gasteiger partial charge in [0.1, 0.15) is 0 Å². The minimum absolute atomic E-state index is 0.0284. The molecule has 1 aromatic carbocycles. The van der Waals surface area contributed by atoms with E-state index in [0.717, 1.165) is 4.47 Å². The summed E-state index contributed by atoms with van der Waals surface area (Å²) >= 11 is 14.7. The lowest BCUT2D eigenvalue weighted by molar-refractivity contribution is 0.588. The van der Waals surface area contributed by atoms with Gasteiger partial charge in [-0.1, -0.05) is 34.5 Å². The number of nitrogens with one attached hydrogen (secondary N) is 1. The van der Waals surface area contributed by atoms with Crippen molar-refractivity contribution in [1.29, 1.82) is 0 Å². The molecule has 0 aliphatic rings. The molecule has 0 heterocycles. The minimum atomic E-state index is -3.42. The monoisotopic (exact) mass is 359 g/mol. The average Bonchev–Trinajstić information content (AvgIpc) is 2.22. The van der Waals surface area contributed by atoms with Crippen molar-refractivity contribution in [2.45, 2.75) is 6.92 Å². The van der Waals surface area contributed by atoms with E-state index >= 15 is 0 Å². The highest BCUT2D eigenvalue weighted by Gasteiger charge is 2.16. The van der Waals surface area contributed by atoms with Crippen LogP contribution >= 0.6 is 39.1 Å². The number of benzene rings is 1. The summed E-state index contributed by atoms with van der Waals surface area (Å²) in [4.78, 5) is 0. The normalized spacial score (nSPS) is 13.4. The van der Waals surface area contributed by atoms with Gasteiger partial charge in [0.15, 0.2) is 0 Å². The van der Waals surface area contributed by atoms with Gasteiger partial charge in [0.25, 0.3) is 0 Å². The molecule has 3 nitrogen and oxygen atoms in total. The second-order valence-corrected chi connectivity index (χ2v) is 7.17. The highest BCUT2D eigenvalue weighted by molar-refractivity contribution is 9.10. The average molecular weight is 361 g/mol. The molecule has 1 aromatic rings. The maximum atomic E-state index is 11.8. The highest BCUT2D eigenvalue weighted by Crippen LogP contribution is 2.26. The topological polar surface area (TPSA) is 46.2 Å². The van der Waals surface area contributed by atoms with Gasteiger partial charge >= 0.3 is 0 Å². The quantitative estimate of drug-likeness (QED) is 0.813. The molecule has 0 radical (unpaired) electrons. The summed E-state index contributed by atoms with van der Waals surface area (Å²) in [6, 6.07) is 4.97. The summed E-state index contributed by atoms with van der Waals surface area (Å²) in [6.07, 6.45) is 0. The molecule has 0 saturated carbocycles. The lowest BCUT2D eigenvalue weighted by atomic mass is 10.3. The zero-order valence-electron chi connectivity index (χ0n) is 9.08. The van der Waals surface area contributed by atoms with Crippen LogP contribution in [0.4, 0.5) is 5.69 Å². The Balaban J connectivity index is 2.86. The summed E-state index contributed by atoms with van der Waals surface area (Å²) in [7, 11) is -3.42. The summed E-state index contributed by atoms with van der Waals surface area (Å²) in [5.74, 6) is 0.159. The maximum absolute atomic E-state index is 11.8. The number of halogens is 3. The van der Waals surface area contributed by atoms with Crippen molar-refractivity contribution in [2.75, 3.05) is 16.4 Å². The lowest BCUT2D eigenvalue weighted by Crippen LogP contribution is -2.22. The van der Waals surface area contributed by atoms with Crippen molar-refractivity contribution in [3.05, 3.63) is 27.7 Å². The van der Waals surface area contributed by atoms with Gasteiger partial charge in [-0.3, -0.25) is 4.72 Å². The first-order valence-electron chi connectivity index (χ1n) is 4.85. The van der Waals surface area contributed by atoms with Crippen LogP contribution in [0.3, 0.4) is 0 Å². The van der Waals surface area contributed by atoms with Crippen molar-refractivity contribution in [3.8, 4) is 0 Å². The molecule has 0 spiro atoms. The van der Waals surface area contributed by atoms with E-state index in [9.17, 15) is 8.42 Å². The second-order valence-electron chi connectivity index (χ2n) is 3.77. The molecule has 1 atom stereocenters. The molecule has 7 heteroatoms. The molecule has 1 N–H and O–H groups in total. The molecule has 96 valence electrons. The first-order valence-corrected chi connectivity index (χ1v) is 8.21. The minimum Gasteiger partial charge on any atom is -0.282 e. The summed E-state index contributed by atoms with van der Waals surface area (Å²) in [6.45, 7) is 1.77. The van der Waals surface area contributed by atoms with Gasteiger partial charge in [0.05, 0.1) is 16.5 Å². The predicted octanol–water partition coefficient (Wildman–Crippen LogP) is 3.72. The Bertz CT molecular complexity index is 493. The van der Waals surface area contributed by atoms with Crippen LogP contribution in [-0.2, 0) is 10.0 Å². The van der Waals surface area contributed by atoms with Crippen LogP contribution in [0.1, 0.15) is 6.92 Å². The molecule has 0 amide bonds. The van der Waals surface area contributed by atoms with E-state index in [-0.39, 0.29) is 11.7 Å². The SMILES string of the molecule is CC(CCl)CS(=O)(=O)Nc1cc(Br)ccc1Cl. The predicted molar refractivity (Wildman–Crippen MR) is 76.4 cm³/mol. The highest BCUT2D eigenvalue weighted by atomic mass is 79.9. The van der Waals surface area contributed by atoms with Gasteiger partial charge in [-0.25, -0.2) is 8.42 Å². The molecule has 0 aliphatic carbocycles. The molecule has 0 fully saturated rings. The van der Waals surface area contributed by atoms with Crippen LogP contribution in [0.5, 0.6) is 0 Å². The number of hydrogen-bond acceptors (Lipinski definition) is 2. The van der Waals surface area contributed by atoms with E-state index in [2.05, 4.69) is 20.7 Å². The van der Waals surface area contributed by atoms with Gasteiger partial charge in [-0.2, -0.15) is 0 Å². The third-order valence-corrected chi connectivity index (χ3v) is 4.85. The molecule has 1 rings (SSSR count). The fourth-order valence-electron chi connectivity index (χ4n) is 1.20. The molecule has 0 saturated heterocycles. The molecule has 0 bridgehead atoms. The Morgan fingerprint density at radius 1 is 1.47 bits per heavy atom. The number of rotatable bonds is 5. The van der Waals surface area contributed by atoms with Gasteiger partial charge in [-0.05, 0) is 24.1 Å². The summed E-state index contributed by atoms with van der Waals surface area (Å²) in [5, 5.41) is 0.357. The largest absolute Gasteiger partial charge is 0.282 e. The van der Waals surface area contributed by atoms with E-state index < -0.39 is 10.0 Å². The lowest BCUT2D eigenvalue weighted by Gasteiger charge is -2.12. The third kappa shape index (κ3) is 5.04. The van der Waals surface area contributed by atoms with Gasteiger partial charge in [-0.15, -0.1) is 11.6 Å². The van der Waals surface area contributed by atoms with E-state index in [1.807, 2.05) is 0 Å². The zero-order valence-corrected chi connectivity index (χ0v) is 13.0. The molecular formula is C10H12BrCl2NO2S. The smallest absolute Gasteiger partial charge is 0.233 e. The Morgan fingerprint density at radius 2 is 2.12 bits per heavy atom. The third-order valence-electron chi connectivity index (χ3n) is 1.96. The second kappa shape index (κ2) is 6.27. The molecule has 17 heavy (non-hydrogen) atoms. The Kier molecular flexibility index (Phi) is 5.57. The van der Waals surface area contributed by atoms with Crippen molar-refractivity contribution < 1.29 is 8.42 Å². The molecule has 1 unspecified atom stereocenters. The van der Waals surface area contributed by atoms with Gasteiger partial charge in [0.2, 0.25) is 10.0 Å². The standard InChI is InChI=1S/C10H12BrCl2NO2S/c1-7(5-12)6-17(15,16)14-10-4-8(11)2-3-9(10)13/h2-4,7,14H,5-6H2,1H3. The van der Waals surface area contributed by atoms with Crippen molar-refractivity contribution >= 4 is 54.8 Å². The number of alkyl halides is 1. The van der Waals surface area contributed by atoms with Crippen molar-refractivity contribution in [2.24, 2.45) is 5.92 Å². The van der Waals surface area contributed by atoms with E-state index in [4.69, 9.17) is 23.2 Å². The fraction of sp³-hybridized carbons (Fsp3) is 0.400. The Labute approximate surface area is 120 Å².